The molecule has 0 radical (unpaired) electrons. The second kappa shape index (κ2) is 5.88. The highest BCUT2D eigenvalue weighted by Crippen LogP contribution is 2.32. The topological polar surface area (TPSA) is 55.1 Å². The third kappa shape index (κ3) is 2.94. The van der Waals surface area contributed by atoms with Crippen molar-refractivity contribution in [3.8, 4) is 0 Å². The van der Waals surface area contributed by atoms with Crippen LogP contribution in [0.5, 0.6) is 0 Å². The molecule has 0 aliphatic heterocycles. The van der Waals surface area contributed by atoms with Gasteiger partial charge in [0.2, 0.25) is 0 Å². The number of aromatic carboxylic acids is 1. The summed E-state index contributed by atoms with van der Waals surface area (Å²) in [5.74, 6) is 0.714. The number of carboxylic acid groups (broad SMARTS) is 1. The number of carbonyl (C=O) groups is 1. The first kappa shape index (κ1) is 14.1. The zero-order valence-electron chi connectivity index (χ0n) is 12.5. The van der Waals surface area contributed by atoms with Crippen molar-refractivity contribution in [3.63, 3.8) is 0 Å². The normalized spacial score (nSPS) is 22.5. The Labute approximate surface area is 124 Å². The van der Waals surface area contributed by atoms with Crippen molar-refractivity contribution in [1.29, 1.82) is 0 Å². The molecule has 4 heteroatoms. The Morgan fingerprint density at radius 3 is 2.67 bits per heavy atom. The van der Waals surface area contributed by atoms with Crippen LogP contribution in [0.25, 0.3) is 11.0 Å². The highest BCUT2D eigenvalue weighted by atomic mass is 16.4. The molecule has 2 aromatic rings. The minimum atomic E-state index is -0.881. The van der Waals surface area contributed by atoms with Gasteiger partial charge in [-0.15, -0.1) is 0 Å². The van der Waals surface area contributed by atoms with Gasteiger partial charge in [-0.25, -0.2) is 9.78 Å². The monoisotopic (exact) mass is 286 g/mol. The molecule has 1 saturated carbocycles. The summed E-state index contributed by atoms with van der Waals surface area (Å²) in [5.41, 5.74) is 2.15. The van der Waals surface area contributed by atoms with Gasteiger partial charge < -0.3 is 9.67 Å². The molecular formula is C17H22N2O2. The van der Waals surface area contributed by atoms with E-state index in [1.165, 1.54) is 32.1 Å². The van der Waals surface area contributed by atoms with Crippen molar-refractivity contribution in [1.82, 2.24) is 9.55 Å². The second-order valence-electron chi connectivity index (χ2n) is 6.20. The van der Waals surface area contributed by atoms with Crippen LogP contribution in [0.4, 0.5) is 0 Å². The molecule has 3 rings (SSSR count). The van der Waals surface area contributed by atoms with Gasteiger partial charge >= 0.3 is 5.97 Å². The Bertz CT molecular complexity index is 639. The van der Waals surface area contributed by atoms with Crippen LogP contribution in [0.3, 0.4) is 0 Å². The summed E-state index contributed by atoms with van der Waals surface area (Å²) in [4.78, 5) is 15.5. The molecule has 1 aliphatic carbocycles. The predicted octanol–water partition coefficient (Wildman–Crippen LogP) is 3.95. The van der Waals surface area contributed by atoms with Gasteiger partial charge in [-0.3, -0.25) is 0 Å². The fourth-order valence-electron chi connectivity index (χ4n) is 3.44. The lowest BCUT2D eigenvalue weighted by atomic mass is 9.81. The summed E-state index contributed by atoms with van der Waals surface area (Å²) >= 11 is 0. The third-order valence-corrected chi connectivity index (χ3v) is 4.87. The van der Waals surface area contributed by atoms with E-state index in [9.17, 15) is 4.79 Å². The molecule has 1 aliphatic rings. The summed E-state index contributed by atoms with van der Waals surface area (Å²) in [6.07, 6.45) is 8.35. The third-order valence-electron chi connectivity index (χ3n) is 4.87. The molecule has 0 bridgehead atoms. The van der Waals surface area contributed by atoms with Gasteiger partial charge in [0.15, 0.2) is 0 Å². The number of rotatable bonds is 4. The van der Waals surface area contributed by atoms with Crippen LogP contribution in [-0.4, -0.2) is 20.6 Å². The lowest BCUT2D eigenvalue weighted by Crippen LogP contribution is -2.18. The number of hydrogen-bond acceptors (Lipinski definition) is 2. The van der Waals surface area contributed by atoms with Crippen LogP contribution in [-0.2, 0) is 6.54 Å². The summed E-state index contributed by atoms with van der Waals surface area (Å²) in [6.45, 7) is 3.23. The quantitative estimate of drug-likeness (QED) is 0.925. The molecule has 1 N–H and O–H groups in total. The maximum atomic E-state index is 11.1. The van der Waals surface area contributed by atoms with E-state index >= 15 is 0 Å². The maximum Gasteiger partial charge on any atom is 0.335 e. The van der Waals surface area contributed by atoms with Crippen molar-refractivity contribution < 1.29 is 9.90 Å². The van der Waals surface area contributed by atoms with Crippen LogP contribution in [0, 0.1) is 11.8 Å². The Balaban J connectivity index is 1.78. The zero-order chi connectivity index (χ0) is 14.8. The lowest BCUT2D eigenvalue weighted by molar-refractivity contribution is 0.0697. The minimum Gasteiger partial charge on any atom is -0.478 e. The Morgan fingerprint density at radius 1 is 1.29 bits per heavy atom. The number of carboxylic acids is 1. The van der Waals surface area contributed by atoms with Crippen LogP contribution in [0.1, 0.15) is 49.4 Å². The zero-order valence-corrected chi connectivity index (χ0v) is 12.5. The average molecular weight is 286 g/mol. The van der Waals surface area contributed by atoms with E-state index in [4.69, 9.17) is 5.11 Å². The molecule has 0 saturated heterocycles. The van der Waals surface area contributed by atoms with Gasteiger partial charge in [0.05, 0.1) is 22.9 Å². The largest absolute Gasteiger partial charge is 0.478 e. The van der Waals surface area contributed by atoms with E-state index in [1.54, 1.807) is 18.2 Å². The summed E-state index contributed by atoms with van der Waals surface area (Å²) < 4.78 is 2.12. The molecule has 0 spiro atoms. The number of fused-ring (bicyclic) bond motifs is 1. The molecule has 1 fully saturated rings. The fourth-order valence-corrected chi connectivity index (χ4v) is 3.44. The molecular weight excluding hydrogens is 264 g/mol. The van der Waals surface area contributed by atoms with Crippen molar-refractivity contribution in [2.24, 2.45) is 11.8 Å². The lowest BCUT2D eigenvalue weighted by Gasteiger charge is -2.28. The van der Waals surface area contributed by atoms with Crippen molar-refractivity contribution in [2.45, 2.75) is 45.6 Å². The Morgan fingerprint density at radius 2 is 2.00 bits per heavy atom. The summed E-state index contributed by atoms with van der Waals surface area (Å²) in [7, 11) is 0. The van der Waals surface area contributed by atoms with E-state index in [1.807, 2.05) is 6.33 Å². The highest BCUT2D eigenvalue weighted by molar-refractivity contribution is 5.92. The molecule has 0 atom stereocenters. The minimum absolute atomic E-state index is 0.332. The summed E-state index contributed by atoms with van der Waals surface area (Å²) in [5, 5.41) is 9.12. The first-order chi connectivity index (χ1) is 10.2. The van der Waals surface area contributed by atoms with E-state index in [0.717, 1.165) is 23.5 Å². The molecule has 1 aromatic carbocycles. The first-order valence-electron chi connectivity index (χ1n) is 7.85. The van der Waals surface area contributed by atoms with E-state index in [0.29, 0.717) is 11.5 Å². The molecule has 4 nitrogen and oxygen atoms in total. The number of hydrogen-bond donors (Lipinski definition) is 1. The van der Waals surface area contributed by atoms with Crippen LogP contribution in [0.15, 0.2) is 24.5 Å². The summed E-state index contributed by atoms with van der Waals surface area (Å²) in [6, 6.07) is 5.15. The van der Waals surface area contributed by atoms with Gasteiger partial charge in [0, 0.05) is 6.54 Å². The van der Waals surface area contributed by atoms with Crippen LogP contribution in [0.2, 0.25) is 0 Å². The predicted molar refractivity (Wildman–Crippen MR) is 82.4 cm³/mol. The van der Waals surface area contributed by atoms with Crippen LogP contribution >= 0.6 is 0 Å². The Kier molecular flexibility index (Phi) is 3.95. The smallest absolute Gasteiger partial charge is 0.335 e. The number of aromatic nitrogens is 2. The van der Waals surface area contributed by atoms with Crippen LogP contribution < -0.4 is 0 Å². The number of imidazole rings is 1. The van der Waals surface area contributed by atoms with Gasteiger partial charge in [0.1, 0.15) is 0 Å². The van der Waals surface area contributed by atoms with Crippen molar-refractivity contribution in [2.75, 3.05) is 0 Å². The van der Waals surface area contributed by atoms with E-state index in [-0.39, 0.29) is 0 Å². The Hall–Kier alpha value is -1.84. The first-order valence-corrected chi connectivity index (χ1v) is 7.85. The molecule has 0 amide bonds. The van der Waals surface area contributed by atoms with Crippen molar-refractivity contribution in [3.05, 3.63) is 30.1 Å². The van der Waals surface area contributed by atoms with E-state index < -0.39 is 5.97 Å². The molecule has 21 heavy (non-hydrogen) atoms. The number of nitrogens with zero attached hydrogens (tertiary/aromatic N) is 2. The van der Waals surface area contributed by atoms with Crippen molar-refractivity contribution >= 4 is 17.0 Å². The van der Waals surface area contributed by atoms with Gasteiger partial charge in [-0.1, -0.05) is 26.2 Å². The SMILES string of the molecule is CCC1CCC(Cn2cnc3ccc(C(=O)O)cc32)CC1. The van der Waals surface area contributed by atoms with Gasteiger partial charge in [0.25, 0.3) is 0 Å². The standard InChI is InChI=1S/C17H22N2O2/c1-2-12-3-5-13(6-4-12)10-19-11-18-15-8-7-14(17(20)21)9-16(15)19/h7-9,11-13H,2-6,10H2,1H3,(H,20,21). The van der Waals surface area contributed by atoms with Gasteiger partial charge in [-0.05, 0) is 42.9 Å². The molecule has 112 valence electrons. The van der Waals surface area contributed by atoms with E-state index in [2.05, 4.69) is 16.5 Å². The molecule has 0 unspecified atom stereocenters. The second-order valence-corrected chi connectivity index (χ2v) is 6.20. The fraction of sp³-hybridized carbons (Fsp3) is 0.529. The van der Waals surface area contributed by atoms with Gasteiger partial charge in [-0.2, -0.15) is 0 Å². The maximum absolute atomic E-state index is 11.1. The molecule has 1 heterocycles. The molecule has 1 aromatic heterocycles. The highest BCUT2D eigenvalue weighted by Gasteiger charge is 2.21. The average Bonchev–Trinajstić information content (AvgIpc) is 2.90. The number of benzene rings is 1.